The normalized spacial score (nSPS) is 11.5. The van der Waals surface area contributed by atoms with Crippen molar-refractivity contribution in [2.45, 2.75) is 26.2 Å². The molecule has 0 saturated heterocycles. The van der Waals surface area contributed by atoms with Gasteiger partial charge >= 0.3 is 6.01 Å². The molecular formula is C26H35F3N6O. The van der Waals surface area contributed by atoms with Crippen LogP contribution < -0.4 is 10.2 Å². The summed E-state index contributed by atoms with van der Waals surface area (Å²) in [4.78, 5) is 6.20. The van der Waals surface area contributed by atoms with Gasteiger partial charge in [-0.2, -0.15) is 0 Å². The summed E-state index contributed by atoms with van der Waals surface area (Å²) in [6.07, 6.45) is 2.43. The first kappa shape index (κ1) is 27.5. The molecule has 0 fully saturated rings. The zero-order valence-electron chi connectivity index (χ0n) is 21.6. The van der Waals surface area contributed by atoms with Gasteiger partial charge in [-0.1, -0.05) is 18.1 Å². The monoisotopic (exact) mass is 504 g/mol. The molecule has 1 aromatic heterocycles. The second-order valence-electron chi connectivity index (χ2n) is 9.27. The molecule has 36 heavy (non-hydrogen) atoms. The average Bonchev–Trinajstić information content (AvgIpc) is 3.31. The van der Waals surface area contributed by atoms with Gasteiger partial charge in [0.15, 0.2) is 11.6 Å². The molecule has 3 aromatic rings. The topological polar surface area (TPSA) is 60.7 Å². The molecule has 0 radical (unpaired) electrons. The van der Waals surface area contributed by atoms with Gasteiger partial charge < -0.3 is 24.4 Å². The van der Waals surface area contributed by atoms with Crippen molar-refractivity contribution in [3.63, 3.8) is 0 Å². The third-order valence-corrected chi connectivity index (χ3v) is 5.78. The van der Waals surface area contributed by atoms with E-state index in [1.165, 1.54) is 18.2 Å². The van der Waals surface area contributed by atoms with E-state index in [4.69, 9.17) is 4.42 Å². The summed E-state index contributed by atoms with van der Waals surface area (Å²) in [5, 5.41) is 11.0. The number of hydrogen-bond acceptors (Lipinski definition) is 7. The zero-order chi connectivity index (χ0) is 26.2. The van der Waals surface area contributed by atoms with Gasteiger partial charge in [-0.3, -0.25) is 0 Å². The Morgan fingerprint density at radius 1 is 0.833 bits per heavy atom. The van der Waals surface area contributed by atoms with Crippen LogP contribution in [-0.2, 0) is 6.42 Å². The van der Waals surface area contributed by atoms with E-state index in [2.05, 4.69) is 25.3 Å². The number of aromatic nitrogens is 2. The van der Waals surface area contributed by atoms with Crippen LogP contribution in [0.15, 0.2) is 34.7 Å². The van der Waals surface area contributed by atoms with Gasteiger partial charge in [-0.05, 0) is 90.4 Å². The SMILES string of the molecule is CCc1ccc(Nc2c(-c3nnc(N(CCCN(C)C)CCCN(C)C)o3)ccc(F)c2F)c(F)c1. The summed E-state index contributed by atoms with van der Waals surface area (Å²) >= 11 is 0. The van der Waals surface area contributed by atoms with Gasteiger partial charge in [-0.25, -0.2) is 13.2 Å². The lowest BCUT2D eigenvalue weighted by atomic mass is 10.1. The van der Waals surface area contributed by atoms with E-state index in [0.29, 0.717) is 25.5 Å². The summed E-state index contributed by atoms with van der Waals surface area (Å²) < 4.78 is 49.6. The molecule has 10 heteroatoms. The van der Waals surface area contributed by atoms with Gasteiger partial charge in [0.25, 0.3) is 5.89 Å². The van der Waals surface area contributed by atoms with Crippen LogP contribution in [0.2, 0.25) is 0 Å². The van der Waals surface area contributed by atoms with E-state index in [9.17, 15) is 13.2 Å². The molecule has 0 aliphatic heterocycles. The number of benzene rings is 2. The van der Waals surface area contributed by atoms with Crippen LogP contribution in [0.25, 0.3) is 11.5 Å². The molecule has 0 amide bonds. The van der Waals surface area contributed by atoms with Gasteiger partial charge in [0.05, 0.1) is 16.9 Å². The quantitative estimate of drug-likeness (QED) is 0.345. The van der Waals surface area contributed by atoms with Crippen LogP contribution in [0.3, 0.4) is 0 Å². The molecule has 0 saturated carbocycles. The minimum atomic E-state index is -1.15. The third kappa shape index (κ3) is 7.20. The summed E-state index contributed by atoms with van der Waals surface area (Å²) in [7, 11) is 8.05. The highest BCUT2D eigenvalue weighted by Crippen LogP contribution is 2.35. The molecule has 0 unspecified atom stereocenters. The smallest absolute Gasteiger partial charge is 0.318 e. The highest BCUT2D eigenvalue weighted by molar-refractivity contribution is 5.78. The lowest BCUT2D eigenvalue weighted by molar-refractivity contribution is 0.385. The highest BCUT2D eigenvalue weighted by atomic mass is 19.2. The van der Waals surface area contributed by atoms with E-state index in [1.54, 1.807) is 6.07 Å². The van der Waals surface area contributed by atoms with Crippen molar-refractivity contribution < 1.29 is 17.6 Å². The third-order valence-electron chi connectivity index (χ3n) is 5.78. The van der Waals surface area contributed by atoms with Crippen molar-refractivity contribution >= 4 is 17.4 Å². The standard InChI is InChI=1S/C26H35F3N6O/c1-6-18-9-12-22(21(28)17-18)30-24-19(10-11-20(27)23(24)29)25-31-32-26(36-25)35(15-7-13-33(2)3)16-8-14-34(4)5/h9-12,17,30H,6-8,13-16H2,1-5H3. The molecule has 2 aromatic carbocycles. The number of hydrogen-bond donors (Lipinski definition) is 1. The van der Waals surface area contributed by atoms with E-state index >= 15 is 0 Å². The predicted octanol–water partition coefficient (Wildman–Crippen LogP) is 5.17. The van der Waals surface area contributed by atoms with Gasteiger partial charge in [-0.15, -0.1) is 5.10 Å². The van der Waals surface area contributed by atoms with Crippen LogP contribution in [0, 0.1) is 17.5 Å². The summed E-state index contributed by atoms with van der Waals surface area (Å²) in [5.41, 5.74) is 0.697. The number of anilines is 3. The maximum Gasteiger partial charge on any atom is 0.318 e. The lowest BCUT2D eigenvalue weighted by Crippen LogP contribution is -2.30. The highest BCUT2D eigenvalue weighted by Gasteiger charge is 2.22. The maximum atomic E-state index is 14.9. The second kappa shape index (κ2) is 12.7. The Morgan fingerprint density at radius 2 is 1.50 bits per heavy atom. The maximum absolute atomic E-state index is 14.9. The summed E-state index contributed by atoms with van der Waals surface area (Å²) in [5.74, 6) is -2.77. The second-order valence-corrected chi connectivity index (χ2v) is 9.27. The number of nitrogens with zero attached hydrogens (tertiary/aromatic N) is 5. The van der Waals surface area contributed by atoms with E-state index in [-0.39, 0.29) is 22.8 Å². The van der Waals surface area contributed by atoms with E-state index in [1.807, 2.05) is 40.0 Å². The van der Waals surface area contributed by atoms with Crippen molar-refractivity contribution in [2.75, 3.05) is 64.6 Å². The number of rotatable bonds is 13. The van der Waals surface area contributed by atoms with E-state index in [0.717, 1.165) is 37.6 Å². The largest absolute Gasteiger partial charge is 0.403 e. The van der Waals surface area contributed by atoms with Crippen molar-refractivity contribution in [3.8, 4) is 11.5 Å². The zero-order valence-corrected chi connectivity index (χ0v) is 21.6. The van der Waals surface area contributed by atoms with Crippen LogP contribution in [0.4, 0.5) is 30.6 Å². The molecule has 0 spiro atoms. The van der Waals surface area contributed by atoms with E-state index < -0.39 is 17.5 Å². The Kier molecular flexibility index (Phi) is 9.72. The van der Waals surface area contributed by atoms with Crippen molar-refractivity contribution in [1.29, 1.82) is 0 Å². The first-order valence-corrected chi connectivity index (χ1v) is 12.1. The summed E-state index contributed by atoms with van der Waals surface area (Å²) in [6.45, 7) is 5.09. The van der Waals surface area contributed by atoms with Crippen LogP contribution in [0.5, 0.6) is 0 Å². The number of aryl methyl sites for hydroxylation is 1. The molecule has 0 aliphatic rings. The average molecular weight is 505 g/mol. The molecule has 0 aliphatic carbocycles. The van der Waals surface area contributed by atoms with Crippen molar-refractivity contribution in [3.05, 3.63) is 53.3 Å². The number of halogens is 3. The molecule has 0 bridgehead atoms. The summed E-state index contributed by atoms with van der Waals surface area (Å²) in [6, 6.07) is 7.23. The molecule has 1 N–H and O–H groups in total. The fourth-order valence-electron chi connectivity index (χ4n) is 3.78. The van der Waals surface area contributed by atoms with Gasteiger partial charge in [0.2, 0.25) is 0 Å². The molecule has 1 heterocycles. The Hall–Kier alpha value is -3.11. The first-order valence-electron chi connectivity index (χ1n) is 12.1. The van der Waals surface area contributed by atoms with Crippen LogP contribution in [-0.4, -0.2) is 74.4 Å². The predicted molar refractivity (Wildman–Crippen MR) is 137 cm³/mol. The number of nitrogens with one attached hydrogen (secondary N) is 1. The molecule has 3 rings (SSSR count). The fourth-order valence-corrected chi connectivity index (χ4v) is 3.78. The molecular weight excluding hydrogens is 469 g/mol. The van der Waals surface area contributed by atoms with Crippen molar-refractivity contribution in [1.82, 2.24) is 20.0 Å². The molecule has 0 atom stereocenters. The van der Waals surface area contributed by atoms with Crippen LogP contribution in [0.1, 0.15) is 25.3 Å². The van der Waals surface area contributed by atoms with Gasteiger partial charge in [0, 0.05) is 13.1 Å². The first-order chi connectivity index (χ1) is 17.2. The Morgan fingerprint density at radius 3 is 2.08 bits per heavy atom. The van der Waals surface area contributed by atoms with Gasteiger partial charge in [0.1, 0.15) is 5.82 Å². The Bertz CT molecular complexity index is 1120. The van der Waals surface area contributed by atoms with Crippen LogP contribution >= 0.6 is 0 Å². The Balaban J connectivity index is 1.90. The Labute approximate surface area is 210 Å². The molecule has 196 valence electrons. The molecule has 7 nitrogen and oxygen atoms in total. The fraction of sp³-hybridized carbons (Fsp3) is 0.462. The van der Waals surface area contributed by atoms with Crippen molar-refractivity contribution in [2.24, 2.45) is 0 Å². The lowest BCUT2D eigenvalue weighted by Gasteiger charge is -2.22. The minimum Gasteiger partial charge on any atom is -0.403 e. The minimum absolute atomic E-state index is 0.0159.